The first kappa shape index (κ1) is 15.0. The number of rotatable bonds is 4. The van der Waals surface area contributed by atoms with E-state index in [1.165, 1.54) is 12.1 Å². The molecular formula is C15H16O6. The van der Waals surface area contributed by atoms with Gasteiger partial charge in [-0.15, -0.1) is 0 Å². The highest BCUT2D eigenvalue weighted by molar-refractivity contribution is 6.09. The van der Waals surface area contributed by atoms with Crippen molar-refractivity contribution < 1.29 is 29.3 Å². The van der Waals surface area contributed by atoms with Gasteiger partial charge >= 0.3 is 17.9 Å². The van der Waals surface area contributed by atoms with Gasteiger partial charge < -0.3 is 14.9 Å². The number of carbonyl (C=O) groups is 3. The number of carboxylic acid groups (broad SMARTS) is 2. The Morgan fingerprint density at radius 1 is 0.952 bits per heavy atom. The molecule has 1 aromatic rings. The number of hydrogen-bond donors (Lipinski definition) is 2. The first-order chi connectivity index (χ1) is 10.0. The van der Waals surface area contributed by atoms with Crippen LogP contribution in [0.1, 0.15) is 63.2 Å². The molecular weight excluding hydrogens is 276 g/mol. The van der Waals surface area contributed by atoms with E-state index in [2.05, 4.69) is 0 Å². The lowest BCUT2D eigenvalue weighted by Gasteiger charge is -2.22. The van der Waals surface area contributed by atoms with E-state index >= 15 is 0 Å². The van der Waals surface area contributed by atoms with E-state index < -0.39 is 29.0 Å². The van der Waals surface area contributed by atoms with Crippen LogP contribution < -0.4 is 0 Å². The fraction of sp³-hybridized carbons (Fsp3) is 0.400. The van der Waals surface area contributed by atoms with Crippen LogP contribution in [-0.4, -0.2) is 34.2 Å². The monoisotopic (exact) mass is 292 g/mol. The van der Waals surface area contributed by atoms with E-state index in [-0.39, 0.29) is 11.7 Å². The van der Waals surface area contributed by atoms with Crippen molar-refractivity contribution in [1.82, 2.24) is 0 Å². The molecule has 0 heterocycles. The normalized spacial score (nSPS) is 15.4. The van der Waals surface area contributed by atoms with Gasteiger partial charge in [0.25, 0.3) is 0 Å². The van der Waals surface area contributed by atoms with Crippen molar-refractivity contribution in [3.8, 4) is 0 Å². The van der Waals surface area contributed by atoms with Crippen LogP contribution in [0.2, 0.25) is 0 Å². The van der Waals surface area contributed by atoms with Gasteiger partial charge in [0, 0.05) is 0 Å². The molecule has 0 radical (unpaired) electrons. The fourth-order valence-electron chi connectivity index (χ4n) is 2.53. The molecule has 1 aliphatic rings. The van der Waals surface area contributed by atoms with Crippen molar-refractivity contribution in [2.45, 2.75) is 38.2 Å². The smallest absolute Gasteiger partial charge is 0.339 e. The maximum atomic E-state index is 12.1. The SMILES string of the molecule is O=C(O)c1cccc(C(=O)OC2CCCCC2)c1C(=O)O. The molecule has 0 aromatic heterocycles. The summed E-state index contributed by atoms with van der Waals surface area (Å²) in [6.07, 6.45) is 4.33. The fourth-order valence-corrected chi connectivity index (χ4v) is 2.53. The number of carboxylic acids is 2. The second-order valence-corrected chi connectivity index (χ2v) is 5.00. The van der Waals surface area contributed by atoms with Crippen LogP contribution in [0.4, 0.5) is 0 Å². The quantitative estimate of drug-likeness (QED) is 0.827. The van der Waals surface area contributed by atoms with Gasteiger partial charge in [-0.05, 0) is 37.8 Å². The molecule has 112 valence electrons. The molecule has 1 aromatic carbocycles. The largest absolute Gasteiger partial charge is 0.478 e. The predicted molar refractivity (Wildman–Crippen MR) is 72.6 cm³/mol. The third-order valence-electron chi connectivity index (χ3n) is 3.55. The average molecular weight is 292 g/mol. The highest BCUT2D eigenvalue weighted by Gasteiger charge is 2.26. The molecule has 0 saturated heterocycles. The maximum Gasteiger partial charge on any atom is 0.339 e. The van der Waals surface area contributed by atoms with Crippen LogP contribution in [-0.2, 0) is 4.74 Å². The highest BCUT2D eigenvalue weighted by Crippen LogP contribution is 2.23. The molecule has 0 unspecified atom stereocenters. The van der Waals surface area contributed by atoms with Crippen LogP contribution in [0.15, 0.2) is 18.2 Å². The predicted octanol–water partition coefficient (Wildman–Crippen LogP) is 2.57. The van der Waals surface area contributed by atoms with Gasteiger partial charge in [0.05, 0.1) is 16.7 Å². The lowest BCUT2D eigenvalue weighted by Crippen LogP contribution is -2.23. The number of esters is 1. The van der Waals surface area contributed by atoms with Crippen molar-refractivity contribution in [3.05, 3.63) is 34.9 Å². The van der Waals surface area contributed by atoms with Crippen molar-refractivity contribution in [3.63, 3.8) is 0 Å². The van der Waals surface area contributed by atoms with Crippen LogP contribution in [0.5, 0.6) is 0 Å². The Labute approximate surface area is 121 Å². The molecule has 0 spiro atoms. The molecule has 1 fully saturated rings. The van der Waals surface area contributed by atoms with Gasteiger partial charge in [-0.2, -0.15) is 0 Å². The zero-order chi connectivity index (χ0) is 15.4. The van der Waals surface area contributed by atoms with Gasteiger partial charge in [-0.1, -0.05) is 12.5 Å². The van der Waals surface area contributed by atoms with Crippen molar-refractivity contribution in [2.24, 2.45) is 0 Å². The minimum atomic E-state index is -1.46. The molecule has 2 rings (SSSR count). The molecule has 21 heavy (non-hydrogen) atoms. The zero-order valence-corrected chi connectivity index (χ0v) is 11.4. The molecule has 1 saturated carbocycles. The molecule has 0 amide bonds. The number of aromatic carboxylic acids is 2. The third kappa shape index (κ3) is 3.39. The molecule has 6 nitrogen and oxygen atoms in total. The zero-order valence-electron chi connectivity index (χ0n) is 11.4. The minimum Gasteiger partial charge on any atom is -0.478 e. The summed E-state index contributed by atoms with van der Waals surface area (Å²) in [5.74, 6) is -3.62. The first-order valence-corrected chi connectivity index (χ1v) is 6.81. The Bertz CT molecular complexity index is 572. The summed E-state index contributed by atoms with van der Waals surface area (Å²) in [5.41, 5.74) is -1.15. The number of carbonyl (C=O) groups excluding carboxylic acids is 1. The Hall–Kier alpha value is -2.37. The van der Waals surface area contributed by atoms with E-state index in [9.17, 15) is 19.5 Å². The summed E-state index contributed by atoms with van der Waals surface area (Å²) in [6.45, 7) is 0. The lowest BCUT2D eigenvalue weighted by atomic mass is 9.97. The van der Waals surface area contributed by atoms with Crippen LogP contribution in [0.3, 0.4) is 0 Å². The molecule has 0 aliphatic heterocycles. The average Bonchev–Trinajstić information content (AvgIpc) is 2.47. The topological polar surface area (TPSA) is 101 Å². The molecule has 1 aliphatic carbocycles. The van der Waals surface area contributed by atoms with Gasteiger partial charge in [-0.25, -0.2) is 14.4 Å². The van der Waals surface area contributed by atoms with Gasteiger partial charge in [-0.3, -0.25) is 0 Å². The van der Waals surface area contributed by atoms with Crippen molar-refractivity contribution in [1.29, 1.82) is 0 Å². The van der Waals surface area contributed by atoms with Gasteiger partial charge in [0.1, 0.15) is 6.10 Å². The first-order valence-electron chi connectivity index (χ1n) is 6.81. The number of hydrogen-bond acceptors (Lipinski definition) is 4. The van der Waals surface area contributed by atoms with E-state index in [1.807, 2.05) is 0 Å². The summed E-state index contributed by atoms with van der Waals surface area (Å²) >= 11 is 0. The molecule has 0 bridgehead atoms. The van der Waals surface area contributed by atoms with Gasteiger partial charge in [0.15, 0.2) is 0 Å². The summed E-state index contributed by atoms with van der Waals surface area (Å²) in [7, 11) is 0. The highest BCUT2D eigenvalue weighted by atomic mass is 16.5. The van der Waals surface area contributed by atoms with E-state index in [0.29, 0.717) is 0 Å². The summed E-state index contributed by atoms with van der Waals surface area (Å²) < 4.78 is 5.31. The maximum absolute atomic E-state index is 12.1. The third-order valence-corrected chi connectivity index (χ3v) is 3.55. The second-order valence-electron chi connectivity index (χ2n) is 5.00. The summed E-state index contributed by atoms with van der Waals surface area (Å²) in [5, 5.41) is 18.2. The van der Waals surface area contributed by atoms with E-state index in [0.717, 1.165) is 38.2 Å². The van der Waals surface area contributed by atoms with Crippen molar-refractivity contribution >= 4 is 17.9 Å². The van der Waals surface area contributed by atoms with Crippen LogP contribution >= 0.6 is 0 Å². The Morgan fingerprint density at radius 2 is 1.57 bits per heavy atom. The molecule has 6 heteroatoms. The Kier molecular flexibility index (Phi) is 4.57. The van der Waals surface area contributed by atoms with Gasteiger partial charge in [0.2, 0.25) is 0 Å². The number of ether oxygens (including phenoxy) is 1. The Balaban J connectivity index is 2.29. The lowest BCUT2D eigenvalue weighted by molar-refractivity contribution is 0.0206. The second kappa shape index (κ2) is 6.39. The van der Waals surface area contributed by atoms with Crippen molar-refractivity contribution in [2.75, 3.05) is 0 Å². The molecule has 0 atom stereocenters. The van der Waals surface area contributed by atoms with E-state index in [4.69, 9.17) is 9.84 Å². The van der Waals surface area contributed by atoms with Crippen LogP contribution in [0, 0.1) is 0 Å². The number of benzene rings is 1. The minimum absolute atomic E-state index is 0.215. The van der Waals surface area contributed by atoms with Crippen LogP contribution in [0.25, 0.3) is 0 Å². The summed E-state index contributed by atoms with van der Waals surface area (Å²) in [6, 6.07) is 3.78. The Morgan fingerprint density at radius 3 is 2.14 bits per heavy atom. The standard InChI is InChI=1S/C15H16O6/c16-13(17)10-7-4-8-11(12(10)14(18)19)15(20)21-9-5-2-1-3-6-9/h4,7-9H,1-3,5-6H2,(H,16,17)(H,18,19). The molecule has 2 N–H and O–H groups in total. The summed E-state index contributed by atoms with van der Waals surface area (Å²) in [4.78, 5) is 34.5. The van der Waals surface area contributed by atoms with E-state index in [1.54, 1.807) is 0 Å².